The average Bonchev–Trinajstić information content (AvgIpc) is 3.28. The van der Waals surface area contributed by atoms with Crippen LogP contribution in [0.4, 0.5) is 0 Å². The Morgan fingerprint density at radius 3 is 1.34 bits per heavy atom. The average molecular weight is 927 g/mol. The molecule has 64 heavy (non-hydrogen) atoms. The Morgan fingerprint density at radius 2 is 0.844 bits per heavy atom. The Labute approximate surface area is 385 Å². The van der Waals surface area contributed by atoms with E-state index in [0.717, 1.165) is 83.5 Å². The van der Waals surface area contributed by atoms with Crippen molar-refractivity contribution in [1.82, 2.24) is 0 Å². The minimum absolute atomic E-state index is 0.0555. The number of esters is 2. The minimum atomic E-state index is -5.13. The zero-order valence-electron chi connectivity index (χ0n) is 39.3. The molecular weight excluding hydrogens is 840 g/mol. The van der Waals surface area contributed by atoms with Crippen molar-refractivity contribution in [1.29, 1.82) is 0 Å². The van der Waals surface area contributed by atoms with Gasteiger partial charge < -0.3 is 39.9 Å². The van der Waals surface area contributed by atoms with Crippen molar-refractivity contribution in [3.63, 3.8) is 0 Å². The number of phosphoric ester groups is 1. The van der Waals surface area contributed by atoms with Crippen LogP contribution in [0.2, 0.25) is 0 Å². The molecule has 1 aliphatic rings. The molecule has 0 saturated heterocycles. The fraction of sp³-hybridized carbons (Fsp3) is 0.760. The van der Waals surface area contributed by atoms with Crippen molar-refractivity contribution in [2.24, 2.45) is 0 Å². The van der Waals surface area contributed by atoms with E-state index in [1.54, 1.807) is 0 Å². The molecule has 0 bridgehead atoms. The molecule has 8 atom stereocenters. The monoisotopic (exact) mass is 927 g/mol. The summed E-state index contributed by atoms with van der Waals surface area (Å²) in [6, 6.07) is 0. The minimum Gasteiger partial charge on any atom is -0.462 e. The van der Waals surface area contributed by atoms with Crippen LogP contribution in [0.15, 0.2) is 60.8 Å². The fourth-order valence-corrected chi connectivity index (χ4v) is 8.06. The number of hydrogen-bond donors (Lipinski definition) is 6. The second kappa shape index (κ2) is 39.7. The Bertz CT molecular complexity index is 1350. The number of aliphatic hydroxyl groups is 5. The van der Waals surface area contributed by atoms with E-state index in [1.165, 1.54) is 64.2 Å². The first-order chi connectivity index (χ1) is 30.9. The second-order valence-corrected chi connectivity index (χ2v) is 18.4. The van der Waals surface area contributed by atoms with Crippen LogP contribution < -0.4 is 0 Å². The molecule has 1 fully saturated rings. The van der Waals surface area contributed by atoms with Gasteiger partial charge in [0.15, 0.2) is 6.10 Å². The molecule has 0 aromatic rings. The van der Waals surface area contributed by atoms with Gasteiger partial charge in [0.2, 0.25) is 0 Å². The third-order valence-electron chi connectivity index (χ3n) is 11.1. The highest BCUT2D eigenvalue weighted by atomic mass is 31.2. The lowest BCUT2D eigenvalue weighted by atomic mass is 9.85. The lowest BCUT2D eigenvalue weighted by molar-refractivity contribution is -0.220. The number of carbonyl (C=O) groups excluding carboxylic acids is 2. The van der Waals surface area contributed by atoms with Gasteiger partial charge in [0, 0.05) is 12.8 Å². The van der Waals surface area contributed by atoms with Crippen molar-refractivity contribution >= 4 is 19.8 Å². The maximum absolute atomic E-state index is 12.8. The first kappa shape index (κ1) is 59.6. The second-order valence-electron chi connectivity index (χ2n) is 17.0. The predicted molar refractivity (Wildman–Crippen MR) is 253 cm³/mol. The van der Waals surface area contributed by atoms with Crippen molar-refractivity contribution in [3.05, 3.63) is 60.8 Å². The van der Waals surface area contributed by atoms with Gasteiger partial charge in [0.1, 0.15) is 43.2 Å². The highest BCUT2D eigenvalue weighted by molar-refractivity contribution is 7.47. The summed E-state index contributed by atoms with van der Waals surface area (Å²) >= 11 is 0. The van der Waals surface area contributed by atoms with Gasteiger partial charge in [-0.15, -0.1) is 0 Å². The van der Waals surface area contributed by atoms with Gasteiger partial charge in [-0.1, -0.05) is 152 Å². The van der Waals surface area contributed by atoms with E-state index in [9.17, 15) is 44.6 Å². The molecule has 14 heteroatoms. The number of allylic oxidation sites excluding steroid dienone is 10. The Morgan fingerprint density at radius 1 is 0.484 bits per heavy atom. The van der Waals surface area contributed by atoms with Crippen LogP contribution in [0, 0.1) is 0 Å². The number of unbranched alkanes of at least 4 members (excludes halogenated alkanes) is 18. The summed E-state index contributed by atoms with van der Waals surface area (Å²) in [5.74, 6) is -1.15. The maximum Gasteiger partial charge on any atom is 0.472 e. The van der Waals surface area contributed by atoms with E-state index >= 15 is 0 Å². The highest BCUT2D eigenvalue weighted by Gasteiger charge is 2.51. The number of ether oxygens (including phenoxy) is 2. The molecule has 0 heterocycles. The number of aliphatic hydroxyl groups excluding tert-OH is 5. The lowest BCUT2D eigenvalue weighted by Crippen LogP contribution is -2.64. The van der Waals surface area contributed by atoms with E-state index in [-0.39, 0.29) is 12.8 Å². The number of rotatable bonds is 40. The van der Waals surface area contributed by atoms with E-state index < -0.39 is 75.7 Å². The quantitative estimate of drug-likeness (QED) is 0.0146. The van der Waals surface area contributed by atoms with Gasteiger partial charge in [0.25, 0.3) is 0 Å². The van der Waals surface area contributed by atoms with E-state index in [2.05, 4.69) is 74.6 Å². The van der Waals surface area contributed by atoms with Crippen molar-refractivity contribution in [2.45, 2.75) is 230 Å². The molecule has 0 aromatic carbocycles. The molecule has 1 saturated carbocycles. The van der Waals surface area contributed by atoms with Gasteiger partial charge in [0.05, 0.1) is 6.61 Å². The SMILES string of the molecule is CCCCC/C=C\C/C=C\C/C=C\C/C=C\CCCCCC(=O)O[C@H](COC(=O)CCCCCCC/C=C\CCCCCCCCC)COP(=O)(O)OC1C(O)C(O)C(O)[C@@H](O)C1O. The summed E-state index contributed by atoms with van der Waals surface area (Å²) in [6.45, 7) is 3.24. The molecule has 370 valence electrons. The number of hydrogen-bond acceptors (Lipinski definition) is 12. The molecule has 0 amide bonds. The Balaban J connectivity index is 2.47. The van der Waals surface area contributed by atoms with Crippen LogP contribution in [0.1, 0.15) is 187 Å². The summed E-state index contributed by atoms with van der Waals surface area (Å²) in [7, 11) is -5.13. The van der Waals surface area contributed by atoms with Gasteiger partial charge in [-0.3, -0.25) is 18.6 Å². The Kier molecular flexibility index (Phi) is 36.9. The van der Waals surface area contributed by atoms with Gasteiger partial charge in [-0.05, 0) is 83.5 Å². The molecule has 0 aliphatic heterocycles. The molecule has 1 rings (SSSR count). The molecule has 1 aliphatic carbocycles. The largest absolute Gasteiger partial charge is 0.472 e. The predicted octanol–water partition coefficient (Wildman–Crippen LogP) is 10.1. The molecule has 6 N–H and O–H groups in total. The van der Waals surface area contributed by atoms with Crippen molar-refractivity contribution in [2.75, 3.05) is 13.2 Å². The van der Waals surface area contributed by atoms with E-state index in [1.807, 2.05) is 0 Å². The topological polar surface area (TPSA) is 210 Å². The molecule has 13 nitrogen and oxygen atoms in total. The standard InChI is InChI=1S/C50H87O13P/c1-3-5-7-9-11-13-15-17-19-21-22-23-25-27-29-31-33-35-37-39-44(52)62-42(41-61-64(58,59)63-50-48(56)46(54)45(53)47(55)49(50)57)40-60-43(51)38-36-34-32-30-28-26-24-20-18-16-14-12-10-8-6-4-2/h11,13,17,19-20,22-24,27,29,42,45-50,53-57H,3-10,12,14-16,18,21,25-26,28,30-41H2,1-2H3,(H,58,59)/b13-11-,19-17-,23-22-,24-20-,29-27-/t42-,45?,46-,47?,48?,49?,50?/m1/s1. The van der Waals surface area contributed by atoms with Crippen LogP contribution >= 0.6 is 7.82 Å². The fourth-order valence-electron chi connectivity index (χ4n) is 7.09. The zero-order valence-corrected chi connectivity index (χ0v) is 40.2. The lowest BCUT2D eigenvalue weighted by Gasteiger charge is -2.41. The van der Waals surface area contributed by atoms with Crippen LogP contribution in [0.3, 0.4) is 0 Å². The molecule has 0 radical (unpaired) electrons. The molecule has 0 aromatic heterocycles. The zero-order chi connectivity index (χ0) is 47.1. The van der Waals surface area contributed by atoms with Crippen LogP contribution in [-0.2, 0) is 32.7 Å². The molecule has 0 spiro atoms. The number of carbonyl (C=O) groups is 2. The Hall–Kier alpha value is -2.45. The van der Waals surface area contributed by atoms with Gasteiger partial charge in [-0.25, -0.2) is 4.57 Å². The normalized spacial score (nSPS) is 22.1. The van der Waals surface area contributed by atoms with E-state index in [4.69, 9.17) is 18.5 Å². The van der Waals surface area contributed by atoms with Gasteiger partial charge in [-0.2, -0.15) is 0 Å². The summed E-state index contributed by atoms with van der Waals surface area (Å²) < 4.78 is 33.5. The van der Waals surface area contributed by atoms with Crippen LogP contribution in [0.25, 0.3) is 0 Å². The third-order valence-corrected chi connectivity index (χ3v) is 12.1. The smallest absolute Gasteiger partial charge is 0.462 e. The first-order valence-electron chi connectivity index (χ1n) is 24.6. The summed E-state index contributed by atoms with van der Waals surface area (Å²) in [5.41, 5.74) is 0. The number of phosphoric acid groups is 1. The van der Waals surface area contributed by atoms with Gasteiger partial charge >= 0.3 is 19.8 Å². The first-order valence-corrected chi connectivity index (χ1v) is 26.1. The molecule has 6 unspecified atom stereocenters. The summed E-state index contributed by atoms with van der Waals surface area (Å²) in [6.07, 6.45) is 35.5. The van der Waals surface area contributed by atoms with E-state index in [0.29, 0.717) is 12.8 Å². The molecular formula is C50H87O13P. The van der Waals surface area contributed by atoms with Crippen molar-refractivity contribution in [3.8, 4) is 0 Å². The third kappa shape index (κ3) is 31.5. The van der Waals surface area contributed by atoms with Crippen molar-refractivity contribution < 1.29 is 63.1 Å². The maximum atomic E-state index is 12.8. The summed E-state index contributed by atoms with van der Waals surface area (Å²) in [5, 5.41) is 50.2. The van der Waals surface area contributed by atoms with Crippen LogP contribution in [0.5, 0.6) is 0 Å². The van der Waals surface area contributed by atoms with Crippen LogP contribution in [-0.4, -0.2) is 98.3 Å². The highest BCUT2D eigenvalue weighted by Crippen LogP contribution is 2.47. The summed E-state index contributed by atoms with van der Waals surface area (Å²) in [4.78, 5) is 35.8.